The molecule has 4 rings (SSSR count). The van der Waals surface area contributed by atoms with Gasteiger partial charge < -0.3 is 21.3 Å². The first kappa shape index (κ1) is 26.8. The van der Waals surface area contributed by atoms with Crippen LogP contribution >= 0.6 is 0 Å². The summed E-state index contributed by atoms with van der Waals surface area (Å²) in [7, 11) is 3.28. The molecule has 0 radical (unpaired) electrons. The molecule has 0 aliphatic rings. The summed E-state index contributed by atoms with van der Waals surface area (Å²) in [5.74, 6) is 0.889. The van der Waals surface area contributed by atoms with Gasteiger partial charge in [-0.3, -0.25) is 9.59 Å². The third kappa shape index (κ3) is 5.86. The molecule has 2 aromatic heterocycles. The van der Waals surface area contributed by atoms with Crippen molar-refractivity contribution in [3.05, 3.63) is 83.3 Å². The fourth-order valence-corrected chi connectivity index (χ4v) is 3.77. The standard InChI is InChI=1S/C28H29N9O2/c1-17-9-10-20(34-26(38)18-7-6-8-19(11-18)28(2,3)15-29)12-21(17)35-25-13-22(27(39)31-5)36-37(25)24-14-23(30-4)32-16-33-24/h6-14,16,35H,1-5H3,(H,31,39)(H,34,38)(H,30,32,33). The molecule has 2 aromatic carbocycles. The number of hydrogen-bond donors (Lipinski definition) is 4. The van der Waals surface area contributed by atoms with Crippen molar-refractivity contribution in [3.63, 3.8) is 0 Å². The van der Waals surface area contributed by atoms with Crippen LogP contribution in [0.15, 0.2) is 60.9 Å². The quantitative estimate of drug-likeness (QED) is 0.269. The summed E-state index contributed by atoms with van der Waals surface area (Å²) >= 11 is 0. The summed E-state index contributed by atoms with van der Waals surface area (Å²) in [6.45, 7) is 5.54. The monoisotopic (exact) mass is 523 g/mol. The number of nitrogens with one attached hydrogen (secondary N) is 4. The smallest absolute Gasteiger partial charge is 0.271 e. The molecule has 0 aliphatic heterocycles. The first-order chi connectivity index (χ1) is 18.6. The summed E-state index contributed by atoms with van der Waals surface area (Å²) in [5, 5.41) is 25.7. The molecule has 0 fully saturated rings. The van der Waals surface area contributed by atoms with Gasteiger partial charge in [0.1, 0.15) is 18.0 Å². The maximum Gasteiger partial charge on any atom is 0.271 e. The predicted octanol–water partition coefficient (Wildman–Crippen LogP) is 4.17. The Morgan fingerprint density at radius 3 is 2.51 bits per heavy atom. The van der Waals surface area contributed by atoms with Crippen molar-refractivity contribution in [2.75, 3.05) is 30.0 Å². The van der Waals surface area contributed by atoms with Crippen LogP contribution in [-0.2, 0) is 5.41 Å². The third-order valence-corrected chi connectivity index (χ3v) is 6.18. The van der Waals surface area contributed by atoms with E-state index in [-0.39, 0.29) is 17.5 Å². The van der Waals surface area contributed by atoms with E-state index >= 15 is 0 Å². The topological polar surface area (TPSA) is 150 Å². The molecule has 2 heterocycles. The van der Waals surface area contributed by atoms with E-state index in [1.807, 2.05) is 32.9 Å². The number of carbonyl (C=O) groups excluding carboxylic acids is 2. The van der Waals surface area contributed by atoms with Gasteiger partial charge in [-0.1, -0.05) is 18.2 Å². The maximum absolute atomic E-state index is 13.1. The Kier molecular flexibility index (Phi) is 7.58. The number of aryl methyl sites for hydroxylation is 1. The van der Waals surface area contributed by atoms with E-state index in [0.29, 0.717) is 34.4 Å². The molecule has 4 N–H and O–H groups in total. The number of nitrogens with zero attached hydrogens (tertiary/aromatic N) is 5. The summed E-state index contributed by atoms with van der Waals surface area (Å²) in [5.41, 5.74) is 2.85. The van der Waals surface area contributed by atoms with Crippen LogP contribution < -0.4 is 21.3 Å². The average Bonchev–Trinajstić information content (AvgIpc) is 3.38. The first-order valence-corrected chi connectivity index (χ1v) is 12.2. The fraction of sp³-hybridized carbons (Fsp3) is 0.214. The lowest BCUT2D eigenvalue weighted by Gasteiger charge is -2.17. The highest BCUT2D eigenvalue weighted by atomic mass is 16.2. The predicted molar refractivity (Wildman–Crippen MR) is 150 cm³/mol. The number of amides is 2. The Balaban J connectivity index is 1.64. The van der Waals surface area contributed by atoms with Crippen LogP contribution in [-0.4, -0.2) is 45.7 Å². The molecule has 0 saturated carbocycles. The van der Waals surface area contributed by atoms with Crippen molar-refractivity contribution in [1.29, 1.82) is 5.26 Å². The number of carbonyl (C=O) groups is 2. The number of rotatable bonds is 8. The lowest BCUT2D eigenvalue weighted by molar-refractivity contribution is 0.0956. The van der Waals surface area contributed by atoms with Crippen LogP contribution in [0.25, 0.3) is 5.82 Å². The van der Waals surface area contributed by atoms with Gasteiger partial charge in [0.25, 0.3) is 11.8 Å². The average molecular weight is 524 g/mol. The summed E-state index contributed by atoms with van der Waals surface area (Å²) < 4.78 is 1.51. The number of hydrogen-bond acceptors (Lipinski definition) is 8. The molecule has 2 amide bonds. The molecule has 0 bridgehead atoms. The maximum atomic E-state index is 13.1. The molecular formula is C28H29N9O2. The highest BCUT2D eigenvalue weighted by molar-refractivity contribution is 6.04. The first-order valence-electron chi connectivity index (χ1n) is 12.2. The lowest BCUT2D eigenvalue weighted by atomic mass is 9.85. The van der Waals surface area contributed by atoms with Crippen LogP contribution in [0.1, 0.15) is 45.8 Å². The number of benzene rings is 2. The van der Waals surface area contributed by atoms with E-state index in [4.69, 9.17) is 0 Å². The van der Waals surface area contributed by atoms with E-state index in [9.17, 15) is 14.9 Å². The Hall–Kier alpha value is -5.24. The van der Waals surface area contributed by atoms with Crippen molar-refractivity contribution in [2.24, 2.45) is 0 Å². The molecule has 4 aromatic rings. The van der Waals surface area contributed by atoms with Gasteiger partial charge in [-0.15, -0.1) is 0 Å². The number of nitriles is 1. The zero-order valence-corrected chi connectivity index (χ0v) is 22.3. The van der Waals surface area contributed by atoms with Crippen LogP contribution in [0.4, 0.5) is 23.0 Å². The molecule has 0 atom stereocenters. The minimum Gasteiger partial charge on any atom is -0.373 e. The highest BCUT2D eigenvalue weighted by Crippen LogP contribution is 2.28. The molecule has 0 spiro atoms. The van der Waals surface area contributed by atoms with E-state index in [1.165, 1.54) is 18.1 Å². The molecule has 0 aliphatic carbocycles. The zero-order valence-electron chi connectivity index (χ0n) is 22.3. The normalized spacial score (nSPS) is 10.9. The molecule has 198 valence electrons. The largest absolute Gasteiger partial charge is 0.373 e. The summed E-state index contributed by atoms with van der Waals surface area (Å²) in [6.07, 6.45) is 1.40. The summed E-state index contributed by atoms with van der Waals surface area (Å²) in [6, 6.07) is 18.1. The SMILES string of the molecule is CNC(=O)c1cc(Nc2cc(NC(=O)c3cccc(C(C)(C)C#N)c3)ccc2C)n(-c2cc(NC)ncn2)n1. The third-order valence-electron chi connectivity index (χ3n) is 6.18. The second kappa shape index (κ2) is 11.0. The number of aromatic nitrogens is 4. The van der Waals surface area contributed by atoms with Crippen molar-refractivity contribution >= 4 is 34.8 Å². The fourth-order valence-electron chi connectivity index (χ4n) is 3.77. The van der Waals surface area contributed by atoms with Crippen LogP contribution in [0.3, 0.4) is 0 Å². The van der Waals surface area contributed by atoms with Gasteiger partial charge in [-0.2, -0.15) is 15.0 Å². The zero-order chi connectivity index (χ0) is 28.2. The van der Waals surface area contributed by atoms with Crippen molar-refractivity contribution in [1.82, 2.24) is 25.1 Å². The van der Waals surface area contributed by atoms with E-state index in [2.05, 4.69) is 42.4 Å². The van der Waals surface area contributed by atoms with Gasteiger partial charge in [0.2, 0.25) is 0 Å². The van der Waals surface area contributed by atoms with Crippen molar-refractivity contribution in [3.8, 4) is 11.9 Å². The second-order valence-corrected chi connectivity index (χ2v) is 9.34. The van der Waals surface area contributed by atoms with Gasteiger partial charge in [0.05, 0.1) is 11.5 Å². The number of anilines is 4. The second-order valence-electron chi connectivity index (χ2n) is 9.34. The Labute approximate surface area is 226 Å². The Morgan fingerprint density at radius 1 is 1.00 bits per heavy atom. The molecule has 0 saturated heterocycles. The minimum absolute atomic E-state index is 0.201. The Bertz CT molecular complexity index is 1580. The van der Waals surface area contributed by atoms with Crippen LogP contribution in [0.5, 0.6) is 0 Å². The van der Waals surface area contributed by atoms with Gasteiger partial charge in [0.15, 0.2) is 11.5 Å². The molecule has 11 nitrogen and oxygen atoms in total. The molecule has 11 heteroatoms. The van der Waals surface area contributed by atoms with Gasteiger partial charge in [-0.25, -0.2) is 9.97 Å². The highest BCUT2D eigenvalue weighted by Gasteiger charge is 2.21. The van der Waals surface area contributed by atoms with E-state index < -0.39 is 5.41 Å². The lowest BCUT2D eigenvalue weighted by Crippen LogP contribution is -2.18. The Morgan fingerprint density at radius 2 is 1.79 bits per heavy atom. The minimum atomic E-state index is -0.717. The van der Waals surface area contributed by atoms with E-state index in [0.717, 1.165) is 11.1 Å². The van der Waals surface area contributed by atoms with Gasteiger partial charge in [-0.05, 0) is 56.2 Å². The molecule has 0 unspecified atom stereocenters. The van der Waals surface area contributed by atoms with Crippen LogP contribution in [0, 0.1) is 18.3 Å². The molecule has 39 heavy (non-hydrogen) atoms. The van der Waals surface area contributed by atoms with E-state index in [1.54, 1.807) is 49.5 Å². The summed E-state index contributed by atoms with van der Waals surface area (Å²) in [4.78, 5) is 33.8. The van der Waals surface area contributed by atoms with Gasteiger partial charge in [0, 0.05) is 43.2 Å². The van der Waals surface area contributed by atoms with Crippen molar-refractivity contribution in [2.45, 2.75) is 26.2 Å². The molecular weight excluding hydrogens is 494 g/mol. The van der Waals surface area contributed by atoms with Crippen molar-refractivity contribution < 1.29 is 9.59 Å². The van der Waals surface area contributed by atoms with Gasteiger partial charge >= 0.3 is 0 Å². The van der Waals surface area contributed by atoms with Crippen LogP contribution in [0.2, 0.25) is 0 Å².